The summed E-state index contributed by atoms with van der Waals surface area (Å²) < 4.78 is 5.38. The lowest BCUT2D eigenvalue weighted by molar-refractivity contribution is 0.0722. The summed E-state index contributed by atoms with van der Waals surface area (Å²) in [6.45, 7) is 2.87. The zero-order valence-electron chi connectivity index (χ0n) is 12.5. The number of ether oxygens (including phenoxy) is 1. The summed E-state index contributed by atoms with van der Waals surface area (Å²) >= 11 is 6.15. The fraction of sp³-hybridized carbons (Fsp3) is 0.600. The number of nitrogens with one attached hydrogen (secondary N) is 2. The van der Waals surface area contributed by atoms with E-state index in [0.29, 0.717) is 16.4 Å². The largest absolute Gasteiger partial charge is 0.379 e. The lowest BCUT2D eigenvalue weighted by Gasteiger charge is -2.19. The number of amides is 1. The van der Waals surface area contributed by atoms with Crippen LogP contribution in [0.5, 0.6) is 0 Å². The first-order valence-electron chi connectivity index (χ1n) is 7.38. The summed E-state index contributed by atoms with van der Waals surface area (Å²) in [6.07, 6.45) is 5.64. The summed E-state index contributed by atoms with van der Waals surface area (Å²) in [5.74, 6) is 0.464. The Kier molecular flexibility index (Phi) is 5.82. The van der Waals surface area contributed by atoms with Crippen molar-refractivity contribution in [2.75, 3.05) is 19.0 Å². The number of pyridine rings is 1. The molecular formula is C15H22ClN3O2. The van der Waals surface area contributed by atoms with E-state index < -0.39 is 0 Å². The standard InChI is InChI=1S/C15H22ClN3O2/c1-3-7-17-14-11(16)8-10(9-18-14)15(20)19-12-5-4-6-13(12)21-2/h8-9,12-13H,3-7H2,1-2H3,(H,17,18)(H,19,20). The smallest absolute Gasteiger partial charge is 0.253 e. The van der Waals surface area contributed by atoms with Crippen LogP contribution in [-0.2, 0) is 4.74 Å². The summed E-state index contributed by atoms with van der Waals surface area (Å²) in [5.41, 5.74) is 0.476. The van der Waals surface area contributed by atoms with Crippen molar-refractivity contribution in [2.24, 2.45) is 0 Å². The van der Waals surface area contributed by atoms with Crippen LogP contribution in [0.25, 0.3) is 0 Å². The van der Waals surface area contributed by atoms with Crippen molar-refractivity contribution in [3.63, 3.8) is 0 Å². The van der Waals surface area contributed by atoms with Crippen molar-refractivity contribution in [1.82, 2.24) is 10.3 Å². The quantitative estimate of drug-likeness (QED) is 0.848. The highest BCUT2D eigenvalue weighted by atomic mass is 35.5. The van der Waals surface area contributed by atoms with Crippen molar-refractivity contribution < 1.29 is 9.53 Å². The Hall–Kier alpha value is -1.33. The van der Waals surface area contributed by atoms with Crippen LogP contribution < -0.4 is 10.6 Å². The number of halogens is 1. The number of anilines is 1. The van der Waals surface area contributed by atoms with Gasteiger partial charge < -0.3 is 15.4 Å². The van der Waals surface area contributed by atoms with Gasteiger partial charge >= 0.3 is 0 Å². The molecule has 1 amide bonds. The number of aromatic nitrogens is 1. The van der Waals surface area contributed by atoms with Crippen molar-refractivity contribution >= 4 is 23.3 Å². The fourth-order valence-corrected chi connectivity index (χ4v) is 2.79. The average Bonchev–Trinajstić information content (AvgIpc) is 2.93. The molecule has 0 aromatic carbocycles. The van der Waals surface area contributed by atoms with Crippen molar-refractivity contribution in [1.29, 1.82) is 0 Å². The third-order valence-electron chi connectivity index (χ3n) is 3.72. The van der Waals surface area contributed by atoms with E-state index in [-0.39, 0.29) is 18.1 Å². The lowest BCUT2D eigenvalue weighted by atomic mass is 10.2. The Balaban J connectivity index is 2.00. The van der Waals surface area contributed by atoms with E-state index in [1.165, 1.54) is 0 Å². The van der Waals surface area contributed by atoms with Crippen LogP contribution in [0.3, 0.4) is 0 Å². The number of carbonyl (C=O) groups is 1. The van der Waals surface area contributed by atoms with E-state index in [0.717, 1.165) is 32.2 Å². The molecule has 0 bridgehead atoms. The number of carbonyl (C=O) groups excluding carboxylic acids is 1. The third kappa shape index (κ3) is 4.08. The molecule has 2 N–H and O–H groups in total. The van der Waals surface area contributed by atoms with Gasteiger partial charge in [-0.15, -0.1) is 0 Å². The minimum absolute atomic E-state index is 0.0687. The van der Waals surface area contributed by atoms with Crippen LogP contribution in [0.15, 0.2) is 12.3 Å². The molecule has 1 aliphatic rings. The van der Waals surface area contributed by atoms with Gasteiger partial charge in [0, 0.05) is 19.9 Å². The molecule has 2 atom stereocenters. The molecule has 0 spiro atoms. The van der Waals surface area contributed by atoms with Crippen LogP contribution in [0.1, 0.15) is 43.0 Å². The second kappa shape index (κ2) is 7.61. The van der Waals surface area contributed by atoms with Crippen LogP contribution in [-0.4, -0.2) is 36.7 Å². The Bertz CT molecular complexity index is 496. The topological polar surface area (TPSA) is 63.2 Å². The van der Waals surface area contributed by atoms with E-state index in [1.807, 2.05) is 0 Å². The van der Waals surface area contributed by atoms with E-state index in [9.17, 15) is 4.79 Å². The number of rotatable bonds is 6. The van der Waals surface area contributed by atoms with Crippen molar-refractivity contribution in [3.8, 4) is 0 Å². The van der Waals surface area contributed by atoms with Gasteiger partial charge in [-0.05, 0) is 31.7 Å². The molecule has 2 rings (SSSR count). The predicted octanol–water partition coefficient (Wildman–Crippen LogP) is 2.85. The zero-order valence-corrected chi connectivity index (χ0v) is 13.2. The van der Waals surface area contributed by atoms with Crippen LogP contribution >= 0.6 is 11.6 Å². The first-order valence-corrected chi connectivity index (χ1v) is 7.76. The Morgan fingerprint density at radius 3 is 3.00 bits per heavy atom. The number of hydrogen-bond donors (Lipinski definition) is 2. The van der Waals surface area contributed by atoms with Gasteiger partial charge in [0.15, 0.2) is 0 Å². The summed E-state index contributed by atoms with van der Waals surface area (Å²) in [5, 5.41) is 6.59. The molecule has 1 fully saturated rings. The number of methoxy groups -OCH3 is 1. The second-order valence-corrected chi connectivity index (χ2v) is 5.67. The Morgan fingerprint density at radius 2 is 2.33 bits per heavy atom. The average molecular weight is 312 g/mol. The maximum atomic E-state index is 12.3. The molecule has 2 unspecified atom stereocenters. The molecule has 21 heavy (non-hydrogen) atoms. The molecule has 5 nitrogen and oxygen atoms in total. The first kappa shape index (κ1) is 16.0. The minimum atomic E-state index is -0.152. The van der Waals surface area contributed by atoms with Crippen LogP contribution in [0.4, 0.5) is 5.82 Å². The van der Waals surface area contributed by atoms with E-state index >= 15 is 0 Å². The molecule has 0 saturated heterocycles. The molecule has 116 valence electrons. The molecule has 1 saturated carbocycles. The van der Waals surface area contributed by atoms with Gasteiger partial charge in [-0.2, -0.15) is 0 Å². The molecule has 1 aromatic heterocycles. The van der Waals surface area contributed by atoms with E-state index in [1.54, 1.807) is 19.4 Å². The van der Waals surface area contributed by atoms with Crippen molar-refractivity contribution in [2.45, 2.75) is 44.8 Å². The van der Waals surface area contributed by atoms with Crippen LogP contribution in [0.2, 0.25) is 5.02 Å². The molecule has 0 radical (unpaired) electrons. The molecule has 1 aliphatic carbocycles. The first-order chi connectivity index (χ1) is 10.2. The molecule has 6 heteroatoms. The zero-order chi connectivity index (χ0) is 15.2. The van der Waals surface area contributed by atoms with Crippen molar-refractivity contribution in [3.05, 3.63) is 22.8 Å². The molecule has 1 aromatic rings. The monoisotopic (exact) mass is 311 g/mol. The van der Waals surface area contributed by atoms with Gasteiger partial charge in [0.25, 0.3) is 5.91 Å². The van der Waals surface area contributed by atoms with Gasteiger partial charge in [-0.3, -0.25) is 4.79 Å². The van der Waals surface area contributed by atoms with Gasteiger partial charge in [-0.25, -0.2) is 4.98 Å². The summed E-state index contributed by atoms with van der Waals surface area (Å²) in [7, 11) is 1.68. The summed E-state index contributed by atoms with van der Waals surface area (Å²) in [4.78, 5) is 16.5. The predicted molar refractivity (Wildman–Crippen MR) is 83.9 cm³/mol. The normalized spacial score (nSPS) is 21.3. The van der Waals surface area contributed by atoms with Gasteiger partial charge in [0.05, 0.1) is 22.7 Å². The molecule has 1 heterocycles. The highest BCUT2D eigenvalue weighted by molar-refractivity contribution is 6.33. The maximum Gasteiger partial charge on any atom is 0.253 e. The lowest BCUT2D eigenvalue weighted by Crippen LogP contribution is -2.40. The van der Waals surface area contributed by atoms with Gasteiger partial charge in [-0.1, -0.05) is 18.5 Å². The Labute approximate surface area is 130 Å². The van der Waals surface area contributed by atoms with E-state index in [2.05, 4.69) is 22.5 Å². The maximum absolute atomic E-state index is 12.3. The highest BCUT2D eigenvalue weighted by Gasteiger charge is 2.28. The minimum Gasteiger partial charge on any atom is -0.379 e. The SMILES string of the molecule is CCCNc1ncc(C(=O)NC2CCCC2OC)cc1Cl. The second-order valence-electron chi connectivity index (χ2n) is 5.27. The van der Waals surface area contributed by atoms with Gasteiger partial charge in [0.2, 0.25) is 0 Å². The Morgan fingerprint density at radius 1 is 1.52 bits per heavy atom. The van der Waals surface area contributed by atoms with Gasteiger partial charge in [0.1, 0.15) is 5.82 Å². The number of hydrogen-bond acceptors (Lipinski definition) is 4. The molecular weight excluding hydrogens is 290 g/mol. The third-order valence-corrected chi connectivity index (χ3v) is 4.01. The number of nitrogens with zero attached hydrogens (tertiary/aromatic N) is 1. The summed E-state index contributed by atoms with van der Waals surface area (Å²) in [6, 6.07) is 1.72. The van der Waals surface area contributed by atoms with Crippen LogP contribution in [0, 0.1) is 0 Å². The van der Waals surface area contributed by atoms with E-state index in [4.69, 9.17) is 16.3 Å². The fourth-order valence-electron chi connectivity index (χ4n) is 2.56. The highest BCUT2D eigenvalue weighted by Crippen LogP contribution is 2.23. The molecule has 0 aliphatic heterocycles.